The van der Waals surface area contributed by atoms with Crippen LogP contribution in [0.4, 0.5) is 28.9 Å². The number of anilines is 2. The highest BCUT2D eigenvalue weighted by molar-refractivity contribution is 5.98. The number of carbonyl (C=O) groups is 2. The molecule has 0 unspecified atom stereocenters. The van der Waals surface area contributed by atoms with Gasteiger partial charge in [0.05, 0.1) is 11.1 Å². The molecule has 0 aliphatic carbocycles. The van der Waals surface area contributed by atoms with Crippen molar-refractivity contribution in [2.45, 2.75) is 13.1 Å². The summed E-state index contributed by atoms with van der Waals surface area (Å²) in [6.45, 7) is 0.839. The molecule has 1 amide bonds. The lowest BCUT2D eigenvalue weighted by Gasteiger charge is -2.11. The molecular formula is C17H14F4N2O3. The summed E-state index contributed by atoms with van der Waals surface area (Å²) in [7, 11) is 0. The first-order valence-electron chi connectivity index (χ1n) is 7.28. The maximum atomic E-state index is 13.4. The number of halogens is 4. The van der Waals surface area contributed by atoms with Gasteiger partial charge in [-0.05, 0) is 42.8 Å². The molecule has 5 nitrogen and oxygen atoms in total. The van der Waals surface area contributed by atoms with Crippen LogP contribution in [-0.2, 0) is 15.7 Å². The summed E-state index contributed by atoms with van der Waals surface area (Å²) in [6.07, 6.45) is -4.60. The van der Waals surface area contributed by atoms with Gasteiger partial charge in [0.1, 0.15) is 5.82 Å². The zero-order valence-corrected chi connectivity index (χ0v) is 13.5. The molecule has 26 heavy (non-hydrogen) atoms. The van der Waals surface area contributed by atoms with Gasteiger partial charge in [0, 0.05) is 11.4 Å². The van der Waals surface area contributed by atoms with Crippen molar-refractivity contribution in [1.29, 1.82) is 0 Å². The Balaban J connectivity index is 1.97. The Morgan fingerprint density at radius 1 is 1.15 bits per heavy atom. The molecule has 0 bridgehead atoms. The number of carbonyl (C=O) groups excluding carboxylic acids is 2. The number of amides is 1. The number of ether oxygens (including phenoxy) is 1. The van der Waals surface area contributed by atoms with Crippen LogP contribution < -0.4 is 11.1 Å². The average molecular weight is 370 g/mol. The molecule has 0 fully saturated rings. The third-order valence-electron chi connectivity index (χ3n) is 3.39. The molecule has 0 aliphatic heterocycles. The molecule has 0 aromatic heterocycles. The fraction of sp³-hybridized carbons (Fsp3) is 0.176. The normalized spacial score (nSPS) is 11.1. The number of nitrogens with one attached hydrogen (secondary N) is 1. The number of nitrogen functional groups attached to an aromatic ring is 1. The van der Waals surface area contributed by atoms with Gasteiger partial charge in [-0.2, -0.15) is 13.2 Å². The third kappa shape index (κ3) is 4.71. The highest BCUT2D eigenvalue weighted by Gasteiger charge is 2.31. The molecule has 3 N–H and O–H groups in total. The van der Waals surface area contributed by atoms with Crippen LogP contribution in [0.5, 0.6) is 0 Å². The van der Waals surface area contributed by atoms with Gasteiger partial charge in [0.2, 0.25) is 0 Å². The standard InChI is InChI=1S/C17H14F4N2O3/c1-9-2-4-11(7-13(9)18)23-15(24)8-26-16(25)12-5-3-10(6-14(12)22)17(19,20)21/h2-7H,8,22H2,1H3,(H,23,24). The first-order chi connectivity index (χ1) is 12.1. The van der Waals surface area contributed by atoms with Gasteiger partial charge in [-0.3, -0.25) is 4.79 Å². The Morgan fingerprint density at radius 3 is 2.42 bits per heavy atom. The lowest BCUT2D eigenvalue weighted by molar-refractivity contribution is -0.137. The van der Waals surface area contributed by atoms with Crippen LogP contribution in [0.2, 0.25) is 0 Å². The fourth-order valence-corrected chi connectivity index (χ4v) is 2.00. The van der Waals surface area contributed by atoms with Crippen molar-refractivity contribution >= 4 is 23.3 Å². The Kier molecular flexibility index (Phi) is 5.49. The van der Waals surface area contributed by atoms with Gasteiger partial charge >= 0.3 is 12.1 Å². The molecule has 138 valence electrons. The number of rotatable bonds is 4. The van der Waals surface area contributed by atoms with Crippen molar-refractivity contribution in [2.75, 3.05) is 17.7 Å². The molecule has 9 heteroatoms. The predicted octanol–water partition coefficient (Wildman–Crippen LogP) is 3.53. The van der Waals surface area contributed by atoms with Gasteiger partial charge in [-0.15, -0.1) is 0 Å². The van der Waals surface area contributed by atoms with Crippen molar-refractivity contribution in [3.05, 3.63) is 58.9 Å². The van der Waals surface area contributed by atoms with E-state index in [4.69, 9.17) is 10.5 Å². The fourth-order valence-electron chi connectivity index (χ4n) is 2.00. The van der Waals surface area contributed by atoms with Gasteiger partial charge in [0.25, 0.3) is 5.91 Å². The molecule has 0 saturated heterocycles. The molecule has 2 aromatic rings. The van der Waals surface area contributed by atoms with Crippen molar-refractivity contribution < 1.29 is 31.9 Å². The third-order valence-corrected chi connectivity index (χ3v) is 3.39. The quantitative estimate of drug-likeness (QED) is 0.490. The number of hydrogen-bond donors (Lipinski definition) is 2. The maximum absolute atomic E-state index is 13.4. The largest absolute Gasteiger partial charge is 0.452 e. The van der Waals surface area contributed by atoms with E-state index in [1.807, 2.05) is 0 Å². The lowest BCUT2D eigenvalue weighted by Crippen LogP contribution is -2.21. The van der Waals surface area contributed by atoms with E-state index in [1.165, 1.54) is 12.1 Å². The van der Waals surface area contributed by atoms with Crippen LogP contribution in [0.15, 0.2) is 36.4 Å². The first-order valence-corrected chi connectivity index (χ1v) is 7.28. The van der Waals surface area contributed by atoms with Crippen molar-refractivity contribution in [3.8, 4) is 0 Å². The van der Waals surface area contributed by atoms with E-state index in [0.717, 1.165) is 12.1 Å². The summed E-state index contributed by atoms with van der Waals surface area (Å²) in [5, 5.41) is 2.32. The van der Waals surface area contributed by atoms with Gasteiger partial charge in [-0.1, -0.05) is 6.07 Å². The first kappa shape index (κ1) is 19.2. The SMILES string of the molecule is Cc1ccc(NC(=O)COC(=O)c2ccc(C(F)(F)F)cc2N)cc1F. The smallest absolute Gasteiger partial charge is 0.416 e. The Hall–Kier alpha value is -3.10. The Bertz CT molecular complexity index is 850. The van der Waals surface area contributed by atoms with Crippen molar-refractivity contribution in [3.63, 3.8) is 0 Å². The number of nitrogens with two attached hydrogens (primary N) is 1. The summed E-state index contributed by atoms with van der Waals surface area (Å²) >= 11 is 0. The summed E-state index contributed by atoms with van der Waals surface area (Å²) in [5.74, 6) is -2.31. The van der Waals surface area contributed by atoms with E-state index in [0.29, 0.717) is 17.7 Å². The molecule has 2 rings (SSSR count). The number of aryl methyl sites for hydroxylation is 1. The average Bonchev–Trinajstić information content (AvgIpc) is 2.55. The molecular weight excluding hydrogens is 356 g/mol. The van der Waals surface area contributed by atoms with Crippen LogP contribution in [0.3, 0.4) is 0 Å². The molecule has 0 radical (unpaired) electrons. The minimum absolute atomic E-state index is 0.170. The van der Waals surface area contributed by atoms with Crippen LogP contribution in [0.25, 0.3) is 0 Å². The molecule has 0 spiro atoms. The Morgan fingerprint density at radius 2 is 1.85 bits per heavy atom. The molecule has 0 aliphatic rings. The highest BCUT2D eigenvalue weighted by atomic mass is 19.4. The van der Waals surface area contributed by atoms with E-state index in [9.17, 15) is 27.2 Å². The number of alkyl halides is 3. The second-order valence-electron chi connectivity index (χ2n) is 5.39. The van der Waals surface area contributed by atoms with Crippen molar-refractivity contribution in [2.24, 2.45) is 0 Å². The summed E-state index contributed by atoms with van der Waals surface area (Å²) in [4.78, 5) is 23.6. The zero-order valence-electron chi connectivity index (χ0n) is 13.5. The zero-order chi connectivity index (χ0) is 19.5. The molecule has 0 saturated carbocycles. The lowest BCUT2D eigenvalue weighted by atomic mass is 10.1. The van der Waals surface area contributed by atoms with Crippen molar-refractivity contribution in [1.82, 2.24) is 0 Å². The van der Waals surface area contributed by atoms with Crippen LogP contribution in [0, 0.1) is 12.7 Å². The minimum atomic E-state index is -4.60. The number of hydrogen-bond acceptors (Lipinski definition) is 4. The summed E-state index contributed by atoms with van der Waals surface area (Å²) in [5.41, 5.74) is 4.27. The number of benzene rings is 2. The van der Waals surface area contributed by atoms with E-state index in [1.54, 1.807) is 6.92 Å². The molecule has 0 atom stereocenters. The maximum Gasteiger partial charge on any atom is 0.416 e. The van der Waals surface area contributed by atoms with E-state index >= 15 is 0 Å². The molecule has 0 heterocycles. The molecule has 2 aromatic carbocycles. The minimum Gasteiger partial charge on any atom is -0.452 e. The second-order valence-corrected chi connectivity index (χ2v) is 5.39. The van der Waals surface area contributed by atoms with E-state index in [2.05, 4.69) is 5.32 Å². The summed E-state index contributed by atoms with van der Waals surface area (Å²) < 4.78 is 55.8. The van der Waals surface area contributed by atoms with Gasteiger partial charge < -0.3 is 15.8 Å². The monoisotopic (exact) mass is 370 g/mol. The topological polar surface area (TPSA) is 81.4 Å². The number of esters is 1. The highest BCUT2D eigenvalue weighted by Crippen LogP contribution is 2.31. The van der Waals surface area contributed by atoms with Gasteiger partial charge in [0.15, 0.2) is 6.61 Å². The van der Waals surface area contributed by atoms with Crippen LogP contribution in [0.1, 0.15) is 21.5 Å². The van der Waals surface area contributed by atoms with E-state index < -0.39 is 41.7 Å². The van der Waals surface area contributed by atoms with Crippen LogP contribution >= 0.6 is 0 Å². The Labute approximate surface area is 145 Å². The van der Waals surface area contributed by atoms with E-state index in [-0.39, 0.29) is 11.3 Å². The van der Waals surface area contributed by atoms with Gasteiger partial charge in [-0.25, -0.2) is 9.18 Å². The second kappa shape index (κ2) is 7.42. The predicted molar refractivity (Wildman–Crippen MR) is 85.9 cm³/mol. The van der Waals surface area contributed by atoms with Crippen LogP contribution in [-0.4, -0.2) is 18.5 Å². The summed E-state index contributed by atoms with van der Waals surface area (Å²) in [6, 6.07) is 6.18.